The van der Waals surface area contributed by atoms with Crippen molar-refractivity contribution in [2.75, 3.05) is 13.2 Å². The third-order valence-corrected chi connectivity index (χ3v) is 2.87. The smallest absolute Gasteiger partial charge is 0.305 e. The molecule has 1 atom stereocenters. The molecule has 0 fully saturated rings. The summed E-state index contributed by atoms with van der Waals surface area (Å²) in [6, 6.07) is 0.347. The van der Waals surface area contributed by atoms with Gasteiger partial charge in [0.1, 0.15) is 18.2 Å². The Labute approximate surface area is 107 Å². The summed E-state index contributed by atoms with van der Waals surface area (Å²) in [6.45, 7) is 0.606. The number of carboxylic acids is 1. The molecule has 0 aromatic heterocycles. The van der Waals surface area contributed by atoms with Crippen molar-refractivity contribution in [2.45, 2.75) is 12.5 Å². The highest BCUT2D eigenvalue weighted by molar-refractivity contribution is 6.32. The van der Waals surface area contributed by atoms with Crippen LogP contribution in [0.15, 0.2) is 6.07 Å². The Bertz CT molecular complexity index is 494. The summed E-state index contributed by atoms with van der Waals surface area (Å²) in [5, 5.41) is 8.42. The Kier molecular flexibility index (Phi) is 3.58. The number of rotatable bonds is 3. The number of aliphatic carboxylic acids is 1. The Morgan fingerprint density at radius 1 is 1.56 bits per heavy atom. The molecule has 0 radical (unpaired) electrons. The Balaban J connectivity index is 2.42. The Morgan fingerprint density at radius 2 is 2.22 bits per heavy atom. The molecule has 0 aliphatic carbocycles. The molecule has 1 aliphatic heterocycles. The lowest BCUT2D eigenvalue weighted by Gasteiger charge is -2.22. The molecule has 0 saturated heterocycles. The van der Waals surface area contributed by atoms with E-state index in [1.807, 2.05) is 0 Å². The quantitative estimate of drug-likeness (QED) is 0.878. The molecule has 0 bridgehead atoms. The summed E-state index contributed by atoms with van der Waals surface area (Å²) in [6.07, 6.45) is -0.396. The van der Waals surface area contributed by atoms with Crippen molar-refractivity contribution in [3.8, 4) is 11.5 Å². The first-order valence-corrected chi connectivity index (χ1v) is 5.63. The van der Waals surface area contributed by atoms with Crippen LogP contribution in [-0.2, 0) is 4.79 Å². The third kappa shape index (κ3) is 2.34. The first kappa shape index (κ1) is 12.9. The zero-order valence-corrected chi connectivity index (χ0v) is 10.0. The van der Waals surface area contributed by atoms with Gasteiger partial charge in [0.05, 0.1) is 6.42 Å². The van der Waals surface area contributed by atoms with Gasteiger partial charge >= 0.3 is 5.97 Å². The fraction of sp³-hybridized carbons (Fsp3) is 0.364. The van der Waals surface area contributed by atoms with E-state index >= 15 is 0 Å². The lowest BCUT2D eigenvalue weighted by Crippen LogP contribution is -2.20. The second-order valence-electron chi connectivity index (χ2n) is 3.82. The van der Waals surface area contributed by atoms with Gasteiger partial charge in [-0.25, -0.2) is 4.39 Å². The van der Waals surface area contributed by atoms with Gasteiger partial charge in [-0.15, -0.1) is 0 Å². The summed E-state index contributed by atoms with van der Waals surface area (Å²) < 4.78 is 24.4. The number of benzene rings is 1. The van der Waals surface area contributed by atoms with Crippen LogP contribution in [0.4, 0.5) is 4.39 Å². The zero-order valence-electron chi connectivity index (χ0n) is 9.28. The monoisotopic (exact) mass is 275 g/mol. The van der Waals surface area contributed by atoms with Crippen LogP contribution in [-0.4, -0.2) is 24.3 Å². The maximum Gasteiger partial charge on any atom is 0.305 e. The molecular formula is C11H11ClFNO4. The van der Waals surface area contributed by atoms with E-state index in [0.717, 1.165) is 0 Å². The average Bonchev–Trinajstić information content (AvgIpc) is 2.33. The molecule has 2 rings (SSSR count). The molecule has 0 spiro atoms. The number of halogens is 2. The fourth-order valence-corrected chi connectivity index (χ4v) is 1.97. The van der Waals surface area contributed by atoms with Gasteiger partial charge in [-0.2, -0.15) is 0 Å². The molecule has 18 heavy (non-hydrogen) atoms. The number of hydrogen-bond acceptors (Lipinski definition) is 4. The largest absolute Gasteiger partial charge is 0.486 e. The van der Waals surface area contributed by atoms with Crippen molar-refractivity contribution in [3.05, 3.63) is 22.5 Å². The van der Waals surface area contributed by atoms with E-state index < -0.39 is 24.2 Å². The van der Waals surface area contributed by atoms with E-state index in [2.05, 4.69) is 0 Å². The predicted molar refractivity (Wildman–Crippen MR) is 61.6 cm³/mol. The first-order chi connectivity index (χ1) is 8.50. The topological polar surface area (TPSA) is 81.8 Å². The molecule has 5 nitrogen and oxygen atoms in total. The van der Waals surface area contributed by atoms with Crippen LogP contribution >= 0.6 is 11.6 Å². The van der Waals surface area contributed by atoms with Gasteiger partial charge in [-0.3, -0.25) is 4.79 Å². The van der Waals surface area contributed by atoms with Gasteiger partial charge in [0.25, 0.3) is 0 Å². The highest BCUT2D eigenvalue weighted by Gasteiger charge is 2.25. The van der Waals surface area contributed by atoms with Crippen LogP contribution < -0.4 is 15.2 Å². The number of carbonyl (C=O) groups is 1. The number of nitrogens with two attached hydrogens (primary N) is 1. The molecule has 1 heterocycles. The van der Waals surface area contributed by atoms with Crippen LogP contribution in [0.5, 0.6) is 11.5 Å². The summed E-state index contributed by atoms with van der Waals surface area (Å²) >= 11 is 5.81. The number of ether oxygens (including phenoxy) is 2. The van der Waals surface area contributed by atoms with Gasteiger partial charge in [-0.1, -0.05) is 11.6 Å². The Hall–Kier alpha value is -1.53. The molecule has 98 valence electrons. The predicted octanol–water partition coefficient (Wildman–Crippen LogP) is 1.72. The highest BCUT2D eigenvalue weighted by Crippen LogP contribution is 2.42. The van der Waals surface area contributed by atoms with Crippen molar-refractivity contribution >= 4 is 17.6 Å². The van der Waals surface area contributed by atoms with Crippen molar-refractivity contribution in [3.63, 3.8) is 0 Å². The third-order valence-electron chi connectivity index (χ3n) is 2.54. The van der Waals surface area contributed by atoms with E-state index in [0.29, 0.717) is 6.61 Å². The van der Waals surface area contributed by atoms with Crippen molar-refractivity contribution in [2.24, 2.45) is 5.73 Å². The lowest BCUT2D eigenvalue weighted by atomic mass is 10.0. The molecule has 3 N–H and O–H groups in total. The zero-order chi connectivity index (χ0) is 13.3. The summed E-state index contributed by atoms with van der Waals surface area (Å²) in [7, 11) is 0. The molecule has 7 heteroatoms. The van der Waals surface area contributed by atoms with Crippen LogP contribution in [0.2, 0.25) is 5.02 Å². The minimum absolute atomic E-state index is 0.00616. The van der Waals surface area contributed by atoms with E-state index in [1.165, 1.54) is 6.07 Å². The minimum atomic E-state index is -1.12. The molecule has 1 aromatic rings. The number of fused-ring (bicyclic) bond motifs is 1. The average molecular weight is 276 g/mol. The van der Waals surface area contributed by atoms with Crippen LogP contribution in [0.1, 0.15) is 18.0 Å². The fourth-order valence-electron chi connectivity index (χ4n) is 1.71. The second kappa shape index (κ2) is 4.99. The van der Waals surface area contributed by atoms with Crippen LogP contribution in [0, 0.1) is 5.82 Å². The maximum atomic E-state index is 13.9. The van der Waals surface area contributed by atoms with Gasteiger partial charge in [0.2, 0.25) is 0 Å². The van der Waals surface area contributed by atoms with Gasteiger partial charge in [-0.05, 0) is 6.07 Å². The minimum Gasteiger partial charge on any atom is -0.486 e. The lowest BCUT2D eigenvalue weighted by molar-refractivity contribution is -0.137. The first-order valence-electron chi connectivity index (χ1n) is 5.25. The SMILES string of the molecule is NC(CC(=O)O)c1cc2c(c(Cl)c1F)OCCO2. The van der Waals surface area contributed by atoms with Crippen molar-refractivity contribution in [1.29, 1.82) is 0 Å². The van der Waals surface area contributed by atoms with Crippen molar-refractivity contribution in [1.82, 2.24) is 0 Å². The highest BCUT2D eigenvalue weighted by atomic mass is 35.5. The van der Waals surface area contributed by atoms with E-state index in [-0.39, 0.29) is 28.7 Å². The summed E-state index contributed by atoms with van der Waals surface area (Å²) in [5.74, 6) is -1.47. The van der Waals surface area contributed by atoms with E-state index in [9.17, 15) is 9.18 Å². The molecule has 0 amide bonds. The van der Waals surface area contributed by atoms with Crippen molar-refractivity contribution < 1.29 is 23.8 Å². The van der Waals surface area contributed by atoms with E-state index in [4.69, 9.17) is 31.9 Å². The number of carboxylic acid groups (broad SMARTS) is 1. The molecule has 0 saturated carbocycles. The summed E-state index contributed by atoms with van der Waals surface area (Å²) in [5.41, 5.74) is 5.63. The Morgan fingerprint density at radius 3 is 2.89 bits per heavy atom. The van der Waals surface area contributed by atoms with Gasteiger partial charge in [0, 0.05) is 11.6 Å². The second-order valence-corrected chi connectivity index (χ2v) is 4.20. The van der Waals surface area contributed by atoms with Gasteiger partial charge < -0.3 is 20.3 Å². The van der Waals surface area contributed by atoms with Crippen LogP contribution in [0.25, 0.3) is 0 Å². The molecule has 1 aromatic carbocycles. The normalized spacial score (nSPS) is 15.3. The molecule has 1 unspecified atom stereocenters. The number of hydrogen-bond donors (Lipinski definition) is 2. The summed E-state index contributed by atoms with van der Waals surface area (Å²) in [4.78, 5) is 10.6. The molecular weight excluding hydrogens is 265 g/mol. The molecule has 1 aliphatic rings. The van der Waals surface area contributed by atoms with Crippen LogP contribution in [0.3, 0.4) is 0 Å². The van der Waals surface area contributed by atoms with E-state index in [1.54, 1.807) is 0 Å². The maximum absolute atomic E-state index is 13.9. The standard InChI is InChI=1S/C11H11ClFNO4/c12-9-10(13)5(6(14)4-8(15)16)3-7-11(9)18-2-1-17-7/h3,6H,1-2,4,14H2,(H,15,16). The van der Waals surface area contributed by atoms with Gasteiger partial charge in [0.15, 0.2) is 17.3 Å².